The number of benzene rings is 2. The maximum absolute atomic E-state index is 13.3. The smallest absolute Gasteiger partial charge is 0.123 e. The molecule has 0 radical (unpaired) electrons. The first-order valence-electron chi connectivity index (χ1n) is 8.02. The van der Waals surface area contributed by atoms with Crippen LogP contribution in [-0.2, 0) is 0 Å². The zero-order valence-corrected chi connectivity index (χ0v) is 13.8. The van der Waals surface area contributed by atoms with E-state index < -0.39 is 0 Å². The van der Waals surface area contributed by atoms with Gasteiger partial charge in [0.1, 0.15) is 5.82 Å². The summed E-state index contributed by atoms with van der Waals surface area (Å²) >= 11 is 0. The first kappa shape index (κ1) is 15.5. The quantitative estimate of drug-likeness (QED) is 0.652. The number of rotatable bonds is 4. The highest BCUT2D eigenvalue weighted by Gasteiger charge is 2.16. The van der Waals surface area contributed by atoms with Gasteiger partial charge in [0, 0.05) is 23.5 Å². The topological polar surface area (TPSA) is 16.1 Å². The van der Waals surface area contributed by atoms with Gasteiger partial charge in [0.2, 0.25) is 0 Å². The monoisotopic (exact) mass is 308 g/mol. The van der Waals surface area contributed by atoms with Gasteiger partial charge in [-0.2, -0.15) is 0 Å². The average Bonchev–Trinajstić information content (AvgIpc) is 2.55. The van der Waals surface area contributed by atoms with Gasteiger partial charge in [0.05, 0.1) is 16.9 Å². The van der Waals surface area contributed by atoms with Crippen LogP contribution in [0, 0.1) is 5.82 Å². The molecule has 2 nitrogen and oxygen atoms in total. The minimum absolute atomic E-state index is 0.229. The molecule has 0 bridgehead atoms. The van der Waals surface area contributed by atoms with Gasteiger partial charge < -0.3 is 4.90 Å². The standard InChI is InChI=1S/C20H21FN2/c1-4-23(14(2)3)19-13-16-7-5-6-8-18(16)22-20(19)15-9-11-17(21)12-10-15/h5-14H,4H2,1-3H3. The Kier molecular flexibility index (Phi) is 4.28. The summed E-state index contributed by atoms with van der Waals surface area (Å²) in [5.74, 6) is -0.229. The Morgan fingerprint density at radius 2 is 1.74 bits per heavy atom. The Hall–Kier alpha value is -2.42. The number of para-hydroxylation sites is 1. The molecule has 0 saturated heterocycles. The maximum Gasteiger partial charge on any atom is 0.123 e. The van der Waals surface area contributed by atoms with Crippen LogP contribution >= 0.6 is 0 Å². The van der Waals surface area contributed by atoms with Crippen molar-refractivity contribution >= 4 is 16.6 Å². The van der Waals surface area contributed by atoms with Gasteiger partial charge in [0.25, 0.3) is 0 Å². The molecule has 3 heteroatoms. The van der Waals surface area contributed by atoms with Gasteiger partial charge in [-0.25, -0.2) is 9.37 Å². The van der Waals surface area contributed by atoms with Crippen LogP contribution in [0.5, 0.6) is 0 Å². The normalized spacial score (nSPS) is 11.2. The SMILES string of the molecule is CCN(c1cc2ccccc2nc1-c1ccc(F)cc1)C(C)C. The minimum atomic E-state index is -0.229. The van der Waals surface area contributed by atoms with Gasteiger partial charge in [-0.15, -0.1) is 0 Å². The van der Waals surface area contributed by atoms with Crippen molar-refractivity contribution in [1.82, 2.24) is 4.98 Å². The largest absolute Gasteiger partial charge is 0.368 e. The average molecular weight is 308 g/mol. The van der Waals surface area contributed by atoms with Crippen molar-refractivity contribution in [2.45, 2.75) is 26.8 Å². The molecule has 23 heavy (non-hydrogen) atoms. The van der Waals surface area contributed by atoms with Crippen molar-refractivity contribution in [3.05, 3.63) is 60.4 Å². The van der Waals surface area contributed by atoms with Gasteiger partial charge in [-0.3, -0.25) is 0 Å². The van der Waals surface area contributed by atoms with E-state index in [-0.39, 0.29) is 5.82 Å². The number of fused-ring (bicyclic) bond motifs is 1. The molecule has 3 aromatic rings. The third-order valence-electron chi connectivity index (χ3n) is 4.09. The van der Waals surface area contributed by atoms with Crippen LogP contribution in [0.15, 0.2) is 54.6 Å². The fourth-order valence-electron chi connectivity index (χ4n) is 2.96. The molecule has 3 rings (SSSR count). The van der Waals surface area contributed by atoms with Gasteiger partial charge >= 0.3 is 0 Å². The summed E-state index contributed by atoms with van der Waals surface area (Å²) in [6, 6.07) is 17.2. The Morgan fingerprint density at radius 1 is 1.04 bits per heavy atom. The summed E-state index contributed by atoms with van der Waals surface area (Å²) in [4.78, 5) is 7.18. The maximum atomic E-state index is 13.3. The Bertz CT molecular complexity index is 809. The van der Waals surface area contributed by atoms with Crippen molar-refractivity contribution in [3.63, 3.8) is 0 Å². The molecule has 0 aliphatic heterocycles. The van der Waals surface area contributed by atoms with Crippen molar-refractivity contribution < 1.29 is 4.39 Å². The van der Waals surface area contributed by atoms with Crippen molar-refractivity contribution in [1.29, 1.82) is 0 Å². The number of anilines is 1. The van der Waals surface area contributed by atoms with Gasteiger partial charge in [-0.1, -0.05) is 18.2 Å². The second-order valence-electron chi connectivity index (χ2n) is 5.94. The van der Waals surface area contributed by atoms with Gasteiger partial charge in [-0.05, 0) is 57.2 Å². The van der Waals surface area contributed by atoms with Crippen molar-refractivity contribution in [3.8, 4) is 11.3 Å². The molecule has 0 fully saturated rings. The predicted octanol–water partition coefficient (Wildman–Crippen LogP) is 5.28. The zero-order valence-electron chi connectivity index (χ0n) is 13.8. The first-order chi connectivity index (χ1) is 11.1. The Morgan fingerprint density at radius 3 is 2.39 bits per heavy atom. The third kappa shape index (κ3) is 3.04. The van der Waals surface area contributed by atoms with E-state index >= 15 is 0 Å². The Balaban J connectivity index is 2.26. The summed E-state index contributed by atoms with van der Waals surface area (Å²) in [5, 5.41) is 1.12. The molecule has 0 atom stereocenters. The van der Waals surface area contributed by atoms with E-state index in [0.29, 0.717) is 6.04 Å². The molecule has 2 aromatic carbocycles. The predicted molar refractivity (Wildman–Crippen MR) is 95.3 cm³/mol. The molecule has 0 aliphatic rings. The van der Waals surface area contributed by atoms with E-state index in [1.54, 1.807) is 12.1 Å². The van der Waals surface area contributed by atoms with E-state index in [4.69, 9.17) is 4.98 Å². The molecule has 0 amide bonds. The summed E-state index contributed by atoms with van der Waals surface area (Å²) in [6.07, 6.45) is 0. The minimum Gasteiger partial charge on any atom is -0.368 e. The number of halogens is 1. The highest BCUT2D eigenvalue weighted by atomic mass is 19.1. The summed E-state index contributed by atoms with van der Waals surface area (Å²) < 4.78 is 13.3. The third-order valence-corrected chi connectivity index (χ3v) is 4.09. The molecule has 0 saturated carbocycles. The number of hydrogen-bond acceptors (Lipinski definition) is 2. The molecular formula is C20H21FN2. The van der Waals surface area contributed by atoms with E-state index in [0.717, 1.165) is 34.4 Å². The summed E-state index contributed by atoms with van der Waals surface area (Å²) in [7, 11) is 0. The molecule has 118 valence electrons. The fraction of sp³-hybridized carbons (Fsp3) is 0.250. The second-order valence-corrected chi connectivity index (χ2v) is 5.94. The van der Waals surface area contributed by atoms with E-state index in [9.17, 15) is 4.39 Å². The lowest BCUT2D eigenvalue weighted by Crippen LogP contribution is -2.31. The second kappa shape index (κ2) is 6.37. The number of hydrogen-bond donors (Lipinski definition) is 0. The van der Waals surface area contributed by atoms with E-state index in [1.165, 1.54) is 12.1 Å². The van der Waals surface area contributed by atoms with Crippen molar-refractivity contribution in [2.24, 2.45) is 0 Å². The highest BCUT2D eigenvalue weighted by molar-refractivity contribution is 5.89. The van der Waals surface area contributed by atoms with Crippen LogP contribution in [0.25, 0.3) is 22.2 Å². The molecule has 1 aromatic heterocycles. The molecular weight excluding hydrogens is 287 g/mol. The van der Waals surface area contributed by atoms with Crippen molar-refractivity contribution in [2.75, 3.05) is 11.4 Å². The van der Waals surface area contributed by atoms with Crippen LogP contribution in [-0.4, -0.2) is 17.6 Å². The van der Waals surface area contributed by atoms with Crippen LogP contribution < -0.4 is 4.90 Å². The number of nitrogens with zero attached hydrogens (tertiary/aromatic N) is 2. The van der Waals surface area contributed by atoms with Crippen LogP contribution in [0.1, 0.15) is 20.8 Å². The Labute approximate surface area is 136 Å². The van der Waals surface area contributed by atoms with Crippen LogP contribution in [0.2, 0.25) is 0 Å². The van der Waals surface area contributed by atoms with E-state index in [2.05, 4.69) is 37.8 Å². The molecule has 1 heterocycles. The summed E-state index contributed by atoms with van der Waals surface area (Å²) in [5.41, 5.74) is 3.88. The molecule has 0 unspecified atom stereocenters. The molecule has 0 spiro atoms. The van der Waals surface area contributed by atoms with E-state index in [1.807, 2.05) is 18.2 Å². The lowest BCUT2D eigenvalue weighted by atomic mass is 10.1. The fourth-order valence-corrected chi connectivity index (χ4v) is 2.96. The van der Waals surface area contributed by atoms with Crippen LogP contribution in [0.4, 0.5) is 10.1 Å². The number of pyridine rings is 1. The lowest BCUT2D eigenvalue weighted by molar-refractivity contribution is 0.628. The lowest BCUT2D eigenvalue weighted by Gasteiger charge is -2.29. The zero-order chi connectivity index (χ0) is 16.4. The first-order valence-corrected chi connectivity index (χ1v) is 8.02. The van der Waals surface area contributed by atoms with Gasteiger partial charge in [0.15, 0.2) is 0 Å². The molecule has 0 aliphatic carbocycles. The number of aromatic nitrogens is 1. The highest BCUT2D eigenvalue weighted by Crippen LogP contribution is 2.33. The molecule has 0 N–H and O–H groups in total. The van der Waals surface area contributed by atoms with Crippen LogP contribution in [0.3, 0.4) is 0 Å². The summed E-state index contributed by atoms with van der Waals surface area (Å²) in [6.45, 7) is 7.38.